The minimum absolute atomic E-state index is 0.0798. The number of aliphatic hydroxyl groups excluding tert-OH is 1. The zero-order chi connectivity index (χ0) is 13.7. The molecule has 0 spiro atoms. The third-order valence-electron chi connectivity index (χ3n) is 3.98. The van der Waals surface area contributed by atoms with Crippen LogP contribution in [0.3, 0.4) is 0 Å². The SMILES string of the molecule is COc1ccc(CNCC2CCCC(O)C2)cc1C. The first-order chi connectivity index (χ1) is 9.19. The van der Waals surface area contributed by atoms with E-state index in [9.17, 15) is 5.11 Å². The van der Waals surface area contributed by atoms with Gasteiger partial charge in [-0.3, -0.25) is 0 Å². The number of hydrogen-bond acceptors (Lipinski definition) is 3. The van der Waals surface area contributed by atoms with E-state index in [-0.39, 0.29) is 6.10 Å². The lowest BCUT2D eigenvalue weighted by atomic mass is 9.87. The van der Waals surface area contributed by atoms with Crippen LogP contribution in [0.15, 0.2) is 18.2 Å². The number of aliphatic hydroxyl groups is 1. The molecule has 1 aromatic carbocycles. The lowest BCUT2D eigenvalue weighted by Gasteiger charge is -2.26. The van der Waals surface area contributed by atoms with E-state index in [0.717, 1.165) is 38.1 Å². The van der Waals surface area contributed by atoms with Gasteiger partial charge in [-0.25, -0.2) is 0 Å². The predicted molar refractivity (Wildman–Crippen MR) is 77.4 cm³/mol. The predicted octanol–water partition coefficient (Wildman–Crippen LogP) is 2.64. The van der Waals surface area contributed by atoms with Gasteiger partial charge in [0.05, 0.1) is 13.2 Å². The smallest absolute Gasteiger partial charge is 0.121 e. The molecule has 106 valence electrons. The molecule has 0 saturated heterocycles. The highest BCUT2D eigenvalue weighted by Gasteiger charge is 2.19. The first kappa shape index (κ1) is 14.4. The Morgan fingerprint density at radius 2 is 2.21 bits per heavy atom. The molecule has 1 saturated carbocycles. The van der Waals surface area contributed by atoms with Crippen molar-refractivity contribution in [2.75, 3.05) is 13.7 Å². The summed E-state index contributed by atoms with van der Waals surface area (Å²) in [6.45, 7) is 3.96. The Morgan fingerprint density at radius 3 is 2.89 bits per heavy atom. The van der Waals surface area contributed by atoms with Crippen LogP contribution in [0.4, 0.5) is 0 Å². The maximum atomic E-state index is 9.65. The molecular formula is C16H25NO2. The standard InChI is InChI=1S/C16H25NO2/c1-12-8-14(6-7-16(12)19-2)11-17-10-13-4-3-5-15(18)9-13/h6-8,13,15,17-18H,3-5,9-11H2,1-2H3. The van der Waals surface area contributed by atoms with Crippen LogP contribution >= 0.6 is 0 Å². The van der Waals surface area contributed by atoms with E-state index in [1.54, 1.807) is 7.11 Å². The summed E-state index contributed by atoms with van der Waals surface area (Å²) in [6.07, 6.45) is 4.26. The molecular weight excluding hydrogens is 238 g/mol. The average molecular weight is 263 g/mol. The quantitative estimate of drug-likeness (QED) is 0.858. The third-order valence-corrected chi connectivity index (χ3v) is 3.98. The Hall–Kier alpha value is -1.06. The maximum Gasteiger partial charge on any atom is 0.121 e. The van der Waals surface area contributed by atoms with Crippen molar-refractivity contribution in [1.82, 2.24) is 5.32 Å². The molecule has 3 heteroatoms. The first-order valence-electron chi connectivity index (χ1n) is 7.21. The Labute approximate surface area is 116 Å². The minimum atomic E-state index is -0.0798. The molecule has 0 bridgehead atoms. The monoisotopic (exact) mass is 263 g/mol. The van der Waals surface area contributed by atoms with Crippen LogP contribution in [-0.4, -0.2) is 24.9 Å². The van der Waals surface area contributed by atoms with Gasteiger partial charge in [0, 0.05) is 6.54 Å². The number of benzene rings is 1. The number of hydrogen-bond donors (Lipinski definition) is 2. The molecule has 1 aliphatic rings. The molecule has 2 N–H and O–H groups in total. The molecule has 0 aliphatic heterocycles. The zero-order valence-corrected chi connectivity index (χ0v) is 12.0. The van der Waals surface area contributed by atoms with Crippen LogP contribution < -0.4 is 10.1 Å². The van der Waals surface area contributed by atoms with Crippen molar-refractivity contribution in [2.45, 2.75) is 45.3 Å². The second kappa shape index (κ2) is 6.92. The van der Waals surface area contributed by atoms with E-state index >= 15 is 0 Å². The van der Waals surface area contributed by atoms with Gasteiger partial charge in [0.1, 0.15) is 5.75 Å². The highest BCUT2D eigenvalue weighted by molar-refractivity contribution is 5.36. The van der Waals surface area contributed by atoms with Gasteiger partial charge in [-0.2, -0.15) is 0 Å². The molecule has 1 aromatic rings. The molecule has 2 atom stereocenters. The third kappa shape index (κ3) is 4.22. The van der Waals surface area contributed by atoms with Gasteiger partial charge >= 0.3 is 0 Å². The average Bonchev–Trinajstić information content (AvgIpc) is 2.39. The van der Waals surface area contributed by atoms with Crippen molar-refractivity contribution in [1.29, 1.82) is 0 Å². The lowest BCUT2D eigenvalue weighted by Crippen LogP contribution is -2.28. The second-order valence-electron chi connectivity index (χ2n) is 5.62. The van der Waals surface area contributed by atoms with E-state index in [2.05, 4.69) is 24.4 Å². The fraction of sp³-hybridized carbons (Fsp3) is 0.625. The van der Waals surface area contributed by atoms with Crippen molar-refractivity contribution >= 4 is 0 Å². The molecule has 1 aliphatic carbocycles. The number of aryl methyl sites for hydroxylation is 1. The number of rotatable bonds is 5. The topological polar surface area (TPSA) is 41.5 Å². The minimum Gasteiger partial charge on any atom is -0.496 e. The summed E-state index contributed by atoms with van der Waals surface area (Å²) in [5.74, 6) is 1.57. The van der Waals surface area contributed by atoms with Crippen molar-refractivity contribution in [3.8, 4) is 5.75 Å². The van der Waals surface area contributed by atoms with Crippen LogP contribution in [0.5, 0.6) is 5.75 Å². The normalized spacial score (nSPS) is 23.3. The molecule has 1 fully saturated rings. The van der Waals surface area contributed by atoms with Gasteiger partial charge in [-0.15, -0.1) is 0 Å². The molecule has 3 nitrogen and oxygen atoms in total. The van der Waals surface area contributed by atoms with Crippen LogP contribution in [0.2, 0.25) is 0 Å². The lowest BCUT2D eigenvalue weighted by molar-refractivity contribution is 0.101. The van der Waals surface area contributed by atoms with E-state index in [1.165, 1.54) is 17.5 Å². The van der Waals surface area contributed by atoms with Gasteiger partial charge in [0.25, 0.3) is 0 Å². The highest BCUT2D eigenvalue weighted by atomic mass is 16.5. The molecule has 0 aromatic heterocycles. The number of methoxy groups -OCH3 is 1. The Balaban J connectivity index is 1.77. The summed E-state index contributed by atoms with van der Waals surface area (Å²) in [4.78, 5) is 0. The molecule has 2 rings (SSSR count). The highest BCUT2D eigenvalue weighted by Crippen LogP contribution is 2.23. The Bertz CT molecular complexity index is 406. The summed E-state index contributed by atoms with van der Waals surface area (Å²) in [7, 11) is 1.70. The summed E-state index contributed by atoms with van der Waals surface area (Å²) >= 11 is 0. The van der Waals surface area contributed by atoms with Gasteiger partial charge in [0.2, 0.25) is 0 Å². The van der Waals surface area contributed by atoms with Gasteiger partial charge in [0.15, 0.2) is 0 Å². The summed E-state index contributed by atoms with van der Waals surface area (Å²) in [5.41, 5.74) is 2.46. The van der Waals surface area contributed by atoms with E-state index in [4.69, 9.17) is 4.74 Å². The Morgan fingerprint density at radius 1 is 1.37 bits per heavy atom. The van der Waals surface area contributed by atoms with Crippen LogP contribution in [0.1, 0.15) is 36.8 Å². The number of nitrogens with one attached hydrogen (secondary N) is 1. The molecule has 2 unspecified atom stereocenters. The molecule has 19 heavy (non-hydrogen) atoms. The zero-order valence-electron chi connectivity index (χ0n) is 12.0. The van der Waals surface area contributed by atoms with Crippen molar-refractivity contribution < 1.29 is 9.84 Å². The fourth-order valence-electron chi connectivity index (χ4n) is 2.92. The number of ether oxygens (including phenoxy) is 1. The van der Waals surface area contributed by atoms with Crippen LogP contribution in [-0.2, 0) is 6.54 Å². The van der Waals surface area contributed by atoms with E-state index in [0.29, 0.717) is 5.92 Å². The van der Waals surface area contributed by atoms with Crippen LogP contribution in [0.25, 0.3) is 0 Å². The molecule has 0 amide bonds. The summed E-state index contributed by atoms with van der Waals surface area (Å²) < 4.78 is 5.26. The summed E-state index contributed by atoms with van der Waals surface area (Å²) in [5, 5.41) is 13.2. The molecule has 0 radical (unpaired) electrons. The second-order valence-corrected chi connectivity index (χ2v) is 5.62. The van der Waals surface area contributed by atoms with Gasteiger partial charge in [-0.05, 0) is 55.8 Å². The van der Waals surface area contributed by atoms with E-state index < -0.39 is 0 Å². The Kier molecular flexibility index (Phi) is 5.23. The van der Waals surface area contributed by atoms with Crippen LogP contribution in [0, 0.1) is 12.8 Å². The largest absolute Gasteiger partial charge is 0.496 e. The van der Waals surface area contributed by atoms with E-state index in [1.807, 2.05) is 6.07 Å². The van der Waals surface area contributed by atoms with Crippen molar-refractivity contribution in [3.05, 3.63) is 29.3 Å². The van der Waals surface area contributed by atoms with Gasteiger partial charge in [-0.1, -0.05) is 18.6 Å². The molecule has 0 heterocycles. The van der Waals surface area contributed by atoms with Crippen molar-refractivity contribution in [3.63, 3.8) is 0 Å². The maximum absolute atomic E-state index is 9.65. The fourth-order valence-corrected chi connectivity index (χ4v) is 2.92. The summed E-state index contributed by atoms with van der Waals surface area (Å²) in [6, 6.07) is 6.30. The first-order valence-corrected chi connectivity index (χ1v) is 7.21. The van der Waals surface area contributed by atoms with Gasteiger partial charge < -0.3 is 15.2 Å². The van der Waals surface area contributed by atoms with Crippen molar-refractivity contribution in [2.24, 2.45) is 5.92 Å².